The van der Waals surface area contributed by atoms with Crippen molar-refractivity contribution >= 4 is 11.6 Å². The van der Waals surface area contributed by atoms with Gasteiger partial charge in [0.2, 0.25) is 5.91 Å². The summed E-state index contributed by atoms with van der Waals surface area (Å²) in [4.78, 5) is 16.4. The number of amides is 1. The van der Waals surface area contributed by atoms with E-state index in [0.717, 1.165) is 75.8 Å². The van der Waals surface area contributed by atoms with E-state index in [1.54, 1.807) is 0 Å². The van der Waals surface area contributed by atoms with Gasteiger partial charge in [0.25, 0.3) is 0 Å². The number of nitrogens with one attached hydrogen (secondary N) is 1. The van der Waals surface area contributed by atoms with Gasteiger partial charge in [-0.15, -0.1) is 10.2 Å². The van der Waals surface area contributed by atoms with E-state index in [1.165, 1.54) is 0 Å². The first-order chi connectivity index (χ1) is 13.9. The second kappa shape index (κ2) is 8.36. The van der Waals surface area contributed by atoms with Crippen LogP contribution in [0, 0.1) is 0 Å². The molecule has 2 aliphatic heterocycles. The fraction of sp³-hybridized carbons (Fsp3) is 0.714. The van der Waals surface area contributed by atoms with Gasteiger partial charge in [-0.2, -0.15) is 9.61 Å². The number of nitrogens with zero attached hydrogens (tertiary/aromatic N) is 6. The summed E-state index contributed by atoms with van der Waals surface area (Å²) >= 11 is 0. The monoisotopic (exact) mass is 399 g/mol. The van der Waals surface area contributed by atoms with Crippen LogP contribution in [0.4, 0.5) is 0 Å². The Hall–Kier alpha value is -2.06. The SMILES string of the molecule is CC(C)(C)c1ccc2nnc(C3CCN(CCN4CCNC(=O)CC4)CC3)n2n1. The smallest absolute Gasteiger partial charge is 0.221 e. The van der Waals surface area contributed by atoms with Crippen molar-refractivity contribution in [1.82, 2.24) is 34.9 Å². The Morgan fingerprint density at radius 1 is 1.03 bits per heavy atom. The molecule has 0 bridgehead atoms. The van der Waals surface area contributed by atoms with Crippen molar-refractivity contribution in [2.24, 2.45) is 0 Å². The number of rotatable bonds is 4. The third kappa shape index (κ3) is 4.75. The minimum absolute atomic E-state index is 0.00651. The Morgan fingerprint density at radius 3 is 2.48 bits per heavy atom. The summed E-state index contributed by atoms with van der Waals surface area (Å²) in [5, 5.41) is 16.6. The van der Waals surface area contributed by atoms with E-state index < -0.39 is 0 Å². The number of carbonyl (C=O) groups excluding carboxylic acids is 1. The number of carbonyl (C=O) groups is 1. The highest BCUT2D eigenvalue weighted by Gasteiger charge is 2.26. The number of hydrogen-bond donors (Lipinski definition) is 1. The molecule has 1 amide bonds. The van der Waals surface area contributed by atoms with Crippen LogP contribution in [0.25, 0.3) is 5.65 Å². The molecular formula is C21H33N7O. The molecule has 0 radical (unpaired) electrons. The zero-order chi connectivity index (χ0) is 20.4. The fourth-order valence-corrected chi connectivity index (χ4v) is 4.19. The van der Waals surface area contributed by atoms with Gasteiger partial charge in [0.15, 0.2) is 11.5 Å². The summed E-state index contributed by atoms with van der Waals surface area (Å²) in [6.45, 7) is 13.4. The van der Waals surface area contributed by atoms with Crippen LogP contribution in [0.5, 0.6) is 0 Å². The predicted molar refractivity (Wildman–Crippen MR) is 112 cm³/mol. The lowest BCUT2D eigenvalue weighted by molar-refractivity contribution is -0.120. The van der Waals surface area contributed by atoms with E-state index in [4.69, 9.17) is 5.10 Å². The van der Waals surface area contributed by atoms with Gasteiger partial charge in [-0.05, 0) is 38.1 Å². The third-order valence-corrected chi connectivity index (χ3v) is 6.15. The first-order valence-electron chi connectivity index (χ1n) is 10.8. The van der Waals surface area contributed by atoms with Gasteiger partial charge in [0, 0.05) is 50.5 Å². The van der Waals surface area contributed by atoms with E-state index in [-0.39, 0.29) is 11.3 Å². The fourth-order valence-electron chi connectivity index (χ4n) is 4.19. The number of piperidine rings is 1. The van der Waals surface area contributed by atoms with E-state index in [2.05, 4.69) is 52.2 Å². The molecule has 0 spiro atoms. The highest BCUT2D eigenvalue weighted by Crippen LogP contribution is 2.27. The van der Waals surface area contributed by atoms with E-state index >= 15 is 0 Å². The quantitative estimate of drug-likeness (QED) is 0.838. The highest BCUT2D eigenvalue weighted by molar-refractivity contribution is 5.76. The standard InChI is InChI=1S/C21H33N7O/c1-21(2,3)17-4-5-18-23-24-20(28(18)25-17)16-6-10-26(11-7-16)14-15-27-12-8-19(29)22-9-13-27/h4-5,16H,6-15H2,1-3H3,(H,22,29). The molecule has 0 unspecified atom stereocenters. The Balaban J connectivity index is 1.34. The topological polar surface area (TPSA) is 78.7 Å². The zero-order valence-corrected chi connectivity index (χ0v) is 17.9. The normalized spacial score (nSPS) is 20.7. The summed E-state index contributed by atoms with van der Waals surface area (Å²) in [5.41, 5.74) is 1.90. The molecule has 4 rings (SSSR count). The number of fused-ring (bicyclic) bond motifs is 1. The maximum Gasteiger partial charge on any atom is 0.221 e. The molecule has 2 saturated heterocycles. The Labute approximate surface area is 172 Å². The Morgan fingerprint density at radius 2 is 1.76 bits per heavy atom. The van der Waals surface area contributed by atoms with Crippen LogP contribution in [-0.2, 0) is 10.2 Å². The summed E-state index contributed by atoms with van der Waals surface area (Å²) < 4.78 is 1.96. The summed E-state index contributed by atoms with van der Waals surface area (Å²) in [7, 11) is 0. The third-order valence-electron chi connectivity index (χ3n) is 6.15. The van der Waals surface area contributed by atoms with E-state index in [0.29, 0.717) is 12.3 Å². The molecule has 8 heteroatoms. The Kier molecular flexibility index (Phi) is 5.83. The number of hydrogen-bond acceptors (Lipinski definition) is 6. The van der Waals surface area contributed by atoms with Gasteiger partial charge in [0.1, 0.15) is 0 Å². The van der Waals surface area contributed by atoms with Crippen molar-refractivity contribution in [1.29, 1.82) is 0 Å². The highest BCUT2D eigenvalue weighted by atomic mass is 16.1. The summed E-state index contributed by atoms with van der Waals surface area (Å²) in [6.07, 6.45) is 2.79. The molecule has 29 heavy (non-hydrogen) atoms. The van der Waals surface area contributed by atoms with Crippen molar-refractivity contribution < 1.29 is 4.79 Å². The minimum atomic E-state index is 0.00651. The zero-order valence-electron chi connectivity index (χ0n) is 17.9. The molecule has 4 heterocycles. The van der Waals surface area contributed by atoms with Crippen LogP contribution in [0.15, 0.2) is 12.1 Å². The molecular weight excluding hydrogens is 366 g/mol. The first kappa shape index (κ1) is 20.2. The van der Waals surface area contributed by atoms with Gasteiger partial charge in [0.05, 0.1) is 5.69 Å². The van der Waals surface area contributed by atoms with Crippen LogP contribution in [0.3, 0.4) is 0 Å². The molecule has 2 fully saturated rings. The van der Waals surface area contributed by atoms with Gasteiger partial charge in [-0.1, -0.05) is 20.8 Å². The molecule has 2 aromatic heterocycles. The number of likely N-dealkylation sites (tertiary alicyclic amines) is 1. The lowest BCUT2D eigenvalue weighted by Gasteiger charge is -2.32. The molecule has 2 aliphatic rings. The van der Waals surface area contributed by atoms with Crippen LogP contribution < -0.4 is 5.32 Å². The summed E-state index contributed by atoms with van der Waals surface area (Å²) in [5.74, 6) is 1.59. The maximum atomic E-state index is 11.5. The van der Waals surface area contributed by atoms with Crippen LogP contribution >= 0.6 is 0 Å². The minimum Gasteiger partial charge on any atom is -0.355 e. The van der Waals surface area contributed by atoms with Crippen LogP contribution in [0.2, 0.25) is 0 Å². The largest absolute Gasteiger partial charge is 0.355 e. The van der Waals surface area contributed by atoms with Crippen LogP contribution in [0.1, 0.15) is 57.5 Å². The van der Waals surface area contributed by atoms with Gasteiger partial charge in [-0.3, -0.25) is 9.69 Å². The van der Waals surface area contributed by atoms with Crippen molar-refractivity contribution in [2.75, 3.05) is 45.8 Å². The van der Waals surface area contributed by atoms with E-state index in [1.807, 2.05) is 10.6 Å². The second-order valence-corrected chi connectivity index (χ2v) is 9.35. The Bertz CT molecular complexity index is 848. The molecule has 0 aliphatic carbocycles. The van der Waals surface area contributed by atoms with Crippen molar-refractivity contribution in [3.05, 3.63) is 23.7 Å². The predicted octanol–water partition coefficient (Wildman–Crippen LogP) is 1.42. The lowest BCUT2D eigenvalue weighted by Crippen LogP contribution is -2.40. The number of aromatic nitrogens is 4. The van der Waals surface area contributed by atoms with E-state index in [9.17, 15) is 4.79 Å². The second-order valence-electron chi connectivity index (χ2n) is 9.35. The molecule has 1 N–H and O–H groups in total. The van der Waals surface area contributed by atoms with Crippen molar-refractivity contribution in [2.45, 2.75) is 51.4 Å². The van der Waals surface area contributed by atoms with Crippen molar-refractivity contribution in [3.63, 3.8) is 0 Å². The maximum absolute atomic E-state index is 11.5. The molecule has 0 aromatic carbocycles. The average Bonchev–Trinajstić information content (AvgIpc) is 3.01. The molecule has 158 valence electrons. The van der Waals surface area contributed by atoms with Gasteiger partial charge >= 0.3 is 0 Å². The first-order valence-corrected chi connectivity index (χ1v) is 10.8. The molecule has 8 nitrogen and oxygen atoms in total. The summed E-state index contributed by atoms with van der Waals surface area (Å²) in [6, 6.07) is 4.09. The van der Waals surface area contributed by atoms with Gasteiger partial charge in [-0.25, -0.2) is 0 Å². The van der Waals surface area contributed by atoms with Gasteiger partial charge < -0.3 is 10.2 Å². The molecule has 0 atom stereocenters. The van der Waals surface area contributed by atoms with Crippen LogP contribution in [-0.4, -0.2) is 81.3 Å². The molecule has 0 saturated carbocycles. The average molecular weight is 400 g/mol. The molecule has 2 aromatic rings. The lowest BCUT2D eigenvalue weighted by atomic mass is 9.92. The van der Waals surface area contributed by atoms with Crippen molar-refractivity contribution in [3.8, 4) is 0 Å².